The Morgan fingerprint density at radius 1 is 0.720 bits per heavy atom. The van der Waals surface area contributed by atoms with E-state index in [1.54, 1.807) is 6.92 Å². The molecule has 0 aromatic heterocycles. The molecule has 6 heteroatoms. The van der Waals surface area contributed by atoms with Crippen molar-refractivity contribution in [1.82, 2.24) is 0 Å². The van der Waals surface area contributed by atoms with Gasteiger partial charge in [0.15, 0.2) is 0 Å². The first-order valence-electron chi connectivity index (χ1n) is 10.0. The van der Waals surface area contributed by atoms with E-state index in [0.29, 0.717) is 12.8 Å². The van der Waals surface area contributed by atoms with Crippen molar-refractivity contribution in [2.24, 2.45) is 0 Å². The molecule has 0 radical (unpaired) electrons. The predicted molar refractivity (Wildman–Crippen MR) is 100 cm³/mol. The van der Waals surface area contributed by atoms with Gasteiger partial charge in [0.05, 0.1) is 16.2 Å². The van der Waals surface area contributed by atoms with E-state index in [4.69, 9.17) is 0 Å². The maximum atomic E-state index is 11.0. The molecule has 0 amide bonds. The van der Waals surface area contributed by atoms with Gasteiger partial charge in [0.25, 0.3) is 0 Å². The zero-order chi connectivity index (χ0) is 18.3. The van der Waals surface area contributed by atoms with Gasteiger partial charge in [-0.15, -0.1) is 0 Å². The van der Waals surface area contributed by atoms with Gasteiger partial charge in [0.2, 0.25) is 0 Å². The van der Waals surface area contributed by atoms with Crippen LogP contribution in [0.25, 0.3) is 0 Å². The summed E-state index contributed by atoms with van der Waals surface area (Å²) in [6.45, 7) is 3.80. The van der Waals surface area contributed by atoms with Crippen LogP contribution < -0.4 is 29.6 Å². The molecular weight excluding hydrogens is 347 g/mol. The van der Waals surface area contributed by atoms with Crippen LogP contribution in [0, 0.1) is 0 Å². The zero-order valence-electron chi connectivity index (χ0n) is 16.8. The summed E-state index contributed by atoms with van der Waals surface area (Å²) in [5, 5.41) is 8.77. The van der Waals surface area contributed by atoms with Crippen molar-refractivity contribution in [2.45, 2.75) is 122 Å². The van der Waals surface area contributed by atoms with E-state index in [-0.39, 0.29) is 35.7 Å². The van der Waals surface area contributed by atoms with Gasteiger partial charge in [0.1, 0.15) is 0 Å². The third-order valence-corrected chi connectivity index (χ3v) is 6.28. The van der Waals surface area contributed by atoms with Crippen LogP contribution in [0.2, 0.25) is 0 Å². The molecule has 0 aliphatic heterocycles. The molecule has 0 aliphatic carbocycles. The Hall–Kier alpha value is 0.870. The minimum atomic E-state index is -4.10. The van der Waals surface area contributed by atoms with E-state index in [9.17, 15) is 18.1 Å². The van der Waals surface area contributed by atoms with E-state index in [1.807, 2.05) is 6.92 Å². The van der Waals surface area contributed by atoms with Gasteiger partial charge in [-0.05, 0) is 25.7 Å². The first-order valence-corrected chi connectivity index (χ1v) is 11.5. The van der Waals surface area contributed by atoms with Crippen molar-refractivity contribution in [2.75, 3.05) is 0 Å². The number of hydrogen-bond acceptors (Lipinski definition) is 4. The summed E-state index contributed by atoms with van der Waals surface area (Å²) in [6.07, 6.45) is 15.7. The zero-order valence-corrected chi connectivity index (χ0v) is 19.7. The van der Waals surface area contributed by atoms with Crippen LogP contribution in [-0.2, 0) is 10.1 Å². The van der Waals surface area contributed by atoms with Crippen LogP contribution in [0.3, 0.4) is 0 Å². The number of hydrogen-bond donors (Lipinski definition) is 1. The van der Waals surface area contributed by atoms with Gasteiger partial charge in [-0.25, -0.2) is 8.42 Å². The topological polar surface area (TPSA) is 77.4 Å². The molecule has 1 N–H and O–H groups in total. The smallest absolute Gasteiger partial charge is 0.748 e. The van der Waals surface area contributed by atoms with Gasteiger partial charge < -0.3 is 9.66 Å². The summed E-state index contributed by atoms with van der Waals surface area (Å²) in [4.78, 5) is 0. The Bertz CT molecular complexity index is 374. The molecule has 0 bridgehead atoms. The van der Waals surface area contributed by atoms with Gasteiger partial charge in [-0.3, -0.25) is 0 Å². The average molecular weight is 387 g/mol. The standard InChI is InChI=1S/C19H40O4S.Na/c1-3-18(20)16-14-12-10-8-6-5-7-9-11-13-15-17-19(4-2)24(21,22)23;/h18-20H,3-17H2,1-2H3,(H,21,22,23);/q;+1/p-1. The maximum Gasteiger partial charge on any atom is 1.00 e. The molecule has 0 aromatic rings. The van der Waals surface area contributed by atoms with Gasteiger partial charge in [0, 0.05) is 5.25 Å². The second-order valence-corrected chi connectivity index (χ2v) is 8.70. The van der Waals surface area contributed by atoms with Crippen molar-refractivity contribution in [1.29, 1.82) is 0 Å². The Kier molecular flexibility index (Phi) is 20.5. The number of aliphatic hydroxyl groups excluding tert-OH is 1. The molecule has 25 heavy (non-hydrogen) atoms. The maximum absolute atomic E-state index is 11.0. The Balaban J connectivity index is 0. The van der Waals surface area contributed by atoms with Gasteiger partial charge >= 0.3 is 29.6 Å². The largest absolute Gasteiger partial charge is 1.00 e. The van der Waals surface area contributed by atoms with Crippen molar-refractivity contribution in [3.63, 3.8) is 0 Å². The summed E-state index contributed by atoms with van der Waals surface area (Å²) in [5.74, 6) is 0. The molecule has 2 unspecified atom stereocenters. The van der Waals surface area contributed by atoms with Crippen LogP contribution in [0.1, 0.15) is 110 Å². The molecule has 0 saturated heterocycles. The van der Waals surface area contributed by atoms with Crippen molar-refractivity contribution < 1.29 is 47.6 Å². The van der Waals surface area contributed by atoms with E-state index in [0.717, 1.165) is 38.5 Å². The number of rotatable bonds is 17. The quantitative estimate of drug-likeness (QED) is 0.236. The summed E-state index contributed by atoms with van der Waals surface area (Å²) in [6, 6.07) is 0. The first kappa shape index (κ1) is 28.1. The monoisotopic (exact) mass is 386 g/mol. The van der Waals surface area contributed by atoms with Crippen LogP contribution in [0.4, 0.5) is 0 Å². The fourth-order valence-corrected chi connectivity index (χ4v) is 3.96. The summed E-state index contributed by atoms with van der Waals surface area (Å²) in [5.41, 5.74) is 0. The van der Waals surface area contributed by atoms with Crippen molar-refractivity contribution in [3.05, 3.63) is 0 Å². The third-order valence-electron chi connectivity index (χ3n) is 4.90. The number of unbranched alkanes of at least 4 members (excludes halogenated alkanes) is 10. The molecule has 0 aromatic carbocycles. The molecule has 0 aliphatic rings. The molecule has 0 heterocycles. The molecule has 2 atom stereocenters. The van der Waals surface area contributed by atoms with Crippen LogP contribution >= 0.6 is 0 Å². The fourth-order valence-electron chi connectivity index (χ4n) is 3.10. The molecule has 0 spiro atoms. The van der Waals surface area contributed by atoms with Crippen LogP contribution in [-0.4, -0.2) is 29.4 Å². The van der Waals surface area contributed by atoms with Crippen molar-refractivity contribution >= 4 is 10.1 Å². The van der Waals surface area contributed by atoms with E-state index in [2.05, 4.69) is 0 Å². The summed E-state index contributed by atoms with van der Waals surface area (Å²) >= 11 is 0. The fraction of sp³-hybridized carbons (Fsp3) is 1.00. The van der Waals surface area contributed by atoms with E-state index >= 15 is 0 Å². The van der Waals surface area contributed by atoms with E-state index in [1.165, 1.54) is 44.9 Å². The first-order chi connectivity index (χ1) is 11.4. The normalized spacial score (nSPS) is 14.1. The molecule has 0 saturated carbocycles. The average Bonchev–Trinajstić information content (AvgIpc) is 2.53. The second-order valence-electron chi connectivity index (χ2n) is 7.05. The van der Waals surface area contributed by atoms with E-state index < -0.39 is 15.4 Å². The van der Waals surface area contributed by atoms with Crippen LogP contribution in [0.15, 0.2) is 0 Å². The number of aliphatic hydroxyl groups is 1. The Morgan fingerprint density at radius 2 is 1.08 bits per heavy atom. The SMILES string of the molecule is CCC(O)CCCCCCCCCCCCCC(CC)S(=O)(=O)[O-].[Na+]. The molecule has 0 fully saturated rings. The Labute approximate surface area is 178 Å². The minimum absolute atomic E-state index is 0. The van der Waals surface area contributed by atoms with Crippen LogP contribution in [0.5, 0.6) is 0 Å². The summed E-state index contributed by atoms with van der Waals surface area (Å²) in [7, 11) is -4.10. The molecule has 0 rings (SSSR count). The van der Waals surface area contributed by atoms with Gasteiger partial charge in [-0.1, -0.05) is 84.5 Å². The summed E-state index contributed by atoms with van der Waals surface area (Å²) < 4.78 is 32.9. The second kappa shape index (κ2) is 18.2. The third kappa shape index (κ3) is 18.0. The molecule has 4 nitrogen and oxygen atoms in total. The predicted octanol–water partition coefficient (Wildman–Crippen LogP) is 2.16. The molecule has 146 valence electrons. The van der Waals surface area contributed by atoms with Crippen molar-refractivity contribution in [3.8, 4) is 0 Å². The Morgan fingerprint density at radius 3 is 1.40 bits per heavy atom. The minimum Gasteiger partial charge on any atom is -0.748 e. The molecular formula is C19H39NaO4S. The van der Waals surface area contributed by atoms with Gasteiger partial charge in [-0.2, -0.15) is 0 Å².